The number of nitrogens with zero attached hydrogens (tertiary/aromatic N) is 1. The minimum atomic E-state index is -0.00173. The van der Waals surface area contributed by atoms with E-state index in [4.69, 9.17) is 44.9 Å². The summed E-state index contributed by atoms with van der Waals surface area (Å²) in [6.45, 7) is 0.264. The van der Waals surface area contributed by atoms with Gasteiger partial charge in [0, 0.05) is 21.7 Å². The zero-order valence-corrected chi connectivity index (χ0v) is 20.8. The van der Waals surface area contributed by atoms with Gasteiger partial charge in [0.15, 0.2) is 11.5 Å². The summed E-state index contributed by atoms with van der Waals surface area (Å²) in [6, 6.07) is 11.1. The molecule has 1 saturated heterocycles. The molecular weight excluding hydrogens is 485 g/mol. The first kappa shape index (κ1) is 23.4. The molecule has 2 aliphatic rings. The summed E-state index contributed by atoms with van der Waals surface area (Å²) in [6.07, 6.45) is 7.44. The molecule has 2 fully saturated rings. The van der Waals surface area contributed by atoms with Gasteiger partial charge in [-0.1, -0.05) is 78.6 Å². The van der Waals surface area contributed by atoms with Crippen LogP contribution in [0.15, 0.2) is 41.3 Å². The highest BCUT2D eigenvalue weighted by molar-refractivity contribution is 8.26. The number of hydrogen-bond donors (Lipinski definition) is 0. The van der Waals surface area contributed by atoms with Crippen LogP contribution in [0.25, 0.3) is 6.08 Å². The van der Waals surface area contributed by atoms with Crippen LogP contribution in [-0.2, 0) is 11.4 Å². The van der Waals surface area contributed by atoms with E-state index in [-0.39, 0.29) is 18.6 Å². The van der Waals surface area contributed by atoms with Crippen LogP contribution in [0.1, 0.15) is 43.2 Å². The molecule has 8 heteroatoms. The monoisotopic (exact) mass is 507 g/mol. The Morgan fingerprint density at radius 3 is 2.62 bits per heavy atom. The molecule has 1 heterocycles. The molecule has 0 atom stereocenters. The number of methoxy groups -OCH3 is 1. The Kier molecular flexibility index (Phi) is 7.66. The predicted molar refractivity (Wildman–Crippen MR) is 136 cm³/mol. The fraction of sp³-hybridized carbons (Fsp3) is 0.333. The van der Waals surface area contributed by atoms with Crippen molar-refractivity contribution < 1.29 is 14.3 Å². The highest BCUT2D eigenvalue weighted by atomic mass is 35.5. The second-order valence-corrected chi connectivity index (χ2v) is 10.3. The van der Waals surface area contributed by atoms with E-state index in [1.807, 2.05) is 35.2 Å². The average Bonchev–Trinajstić information content (AvgIpc) is 3.06. The van der Waals surface area contributed by atoms with Crippen molar-refractivity contribution in [1.29, 1.82) is 0 Å². The van der Waals surface area contributed by atoms with Gasteiger partial charge in [-0.25, -0.2) is 0 Å². The first-order valence-corrected chi connectivity index (χ1v) is 12.5. The Morgan fingerprint density at radius 1 is 1.12 bits per heavy atom. The largest absolute Gasteiger partial charge is 0.493 e. The lowest BCUT2D eigenvalue weighted by Gasteiger charge is -2.29. The van der Waals surface area contributed by atoms with Crippen LogP contribution >= 0.6 is 47.2 Å². The molecule has 0 aromatic heterocycles. The van der Waals surface area contributed by atoms with Crippen molar-refractivity contribution >= 4 is 63.5 Å². The third-order valence-electron chi connectivity index (χ3n) is 5.65. The van der Waals surface area contributed by atoms with E-state index in [0.717, 1.165) is 36.8 Å². The van der Waals surface area contributed by atoms with Crippen molar-refractivity contribution in [3.63, 3.8) is 0 Å². The molecule has 0 spiro atoms. The van der Waals surface area contributed by atoms with Gasteiger partial charge < -0.3 is 9.47 Å². The van der Waals surface area contributed by atoms with Gasteiger partial charge in [0.1, 0.15) is 10.9 Å². The Morgan fingerprint density at radius 2 is 1.91 bits per heavy atom. The summed E-state index contributed by atoms with van der Waals surface area (Å²) in [5.41, 5.74) is 1.66. The lowest BCUT2D eigenvalue weighted by molar-refractivity contribution is -0.124. The Hall–Kier alpha value is -1.73. The molecule has 4 rings (SSSR count). The molecule has 1 saturated carbocycles. The van der Waals surface area contributed by atoms with E-state index in [0.29, 0.717) is 30.8 Å². The molecule has 32 heavy (non-hydrogen) atoms. The van der Waals surface area contributed by atoms with E-state index in [2.05, 4.69) is 0 Å². The SMILES string of the molecule is COc1ccc(/C=C2/SC(=S)N(C3CCCCC3)C2=O)cc1OCc1ccc(Cl)cc1Cl. The minimum absolute atomic E-state index is 0.00173. The number of thioether (sulfide) groups is 1. The molecule has 1 aliphatic heterocycles. The van der Waals surface area contributed by atoms with Gasteiger partial charge in [-0.05, 0) is 48.7 Å². The summed E-state index contributed by atoms with van der Waals surface area (Å²) in [7, 11) is 1.59. The number of benzene rings is 2. The highest BCUT2D eigenvalue weighted by Crippen LogP contribution is 2.38. The molecule has 0 unspecified atom stereocenters. The van der Waals surface area contributed by atoms with Crippen LogP contribution in [0, 0.1) is 0 Å². The molecule has 1 amide bonds. The summed E-state index contributed by atoms with van der Waals surface area (Å²) < 4.78 is 12.1. The molecular formula is C24H23Cl2NO3S2. The number of carbonyl (C=O) groups is 1. The van der Waals surface area contributed by atoms with Crippen molar-refractivity contribution in [1.82, 2.24) is 4.90 Å². The summed E-state index contributed by atoms with van der Waals surface area (Å²) in [5.74, 6) is 1.16. The number of thiocarbonyl (C=S) groups is 1. The van der Waals surface area contributed by atoms with Crippen LogP contribution in [0.4, 0.5) is 0 Å². The van der Waals surface area contributed by atoms with Gasteiger partial charge in [-0.15, -0.1) is 0 Å². The molecule has 0 bridgehead atoms. The van der Waals surface area contributed by atoms with Gasteiger partial charge in [0.05, 0.1) is 12.0 Å². The average molecular weight is 508 g/mol. The molecule has 168 valence electrons. The smallest absolute Gasteiger partial charge is 0.266 e. The van der Waals surface area contributed by atoms with Crippen molar-refractivity contribution in [3.8, 4) is 11.5 Å². The normalized spacial score (nSPS) is 18.5. The molecule has 2 aromatic rings. The van der Waals surface area contributed by atoms with Crippen molar-refractivity contribution in [2.45, 2.75) is 44.8 Å². The Bertz CT molecular complexity index is 1070. The van der Waals surface area contributed by atoms with Crippen molar-refractivity contribution in [2.75, 3.05) is 7.11 Å². The zero-order chi connectivity index (χ0) is 22.7. The van der Waals surface area contributed by atoms with Gasteiger partial charge in [-0.3, -0.25) is 9.69 Å². The van der Waals surface area contributed by atoms with E-state index in [9.17, 15) is 4.79 Å². The highest BCUT2D eigenvalue weighted by Gasteiger charge is 2.37. The van der Waals surface area contributed by atoms with Crippen LogP contribution in [0.5, 0.6) is 11.5 Å². The molecule has 0 N–H and O–H groups in total. The molecule has 4 nitrogen and oxygen atoms in total. The zero-order valence-electron chi connectivity index (χ0n) is 17.6. The second kappa shape index (κ2) is 10.5. The first-order valence-electron chi connectivity index (χ1n) is 10.5. The first-order chi connectivity index (χ1) is 15.5. The lowest BCUT2D eigenvalue weighted by Crippen LogP contribution is -2.39. The standard InChI is InChI=1S/C24H23Cl2NO3S2/c1-29-20-10-7-15(11-21(20)30-14-16-8-9-17(25)13-19(16)26)12-22-23(28)27(24(31)32-22)18-5-3-2-4-6-18/h7-13,18H,2-6,14H2,1H3/b22-12+. The summed E-state index contributed by atoms with van der Waals surface area (Å²) >= 11 is 19.1. The number of amides is 1. The van der Waals surface area contributed by atoms with Crippen LogP contribution < -0.4 is 9.47 Å². The Balaban J connectivity index is 1.53. The maximum absolute atomic E-state index is 13.1. The van der Waals surface area contributed by atoms with Gasteiger partial charge in [0.25, 0.3) is 5.91 Å². The number of hydrogen-bond acceptors (Lipinski definition) is 5. The third kappa shape index (κ3) is 5.25. The van der Waals surface area contributed by atoms with E-state index >= 15 is 0 Å². The fourth-order valence-electron chi connectivity index (χ4n) is 3.98. The molecule has 2 aromatic carbocycles. The quantitative estimate of drug-likeness (QED) is 0.307. The maximum atomic E-state index is 13.1. The lowest BCUT2D eigenvalue weighted by atomic mass is 9.94. The van der Waals surface area contributed by atoms with E-state index < -0.39 is 0 Å². The number of rotatable bonds is 6. The number of halogens is 2. The van der Waals surface area contributed by atoms with Crippen molar-refractivity contribution in [3.05, 3.63) is 62.5 Å². The third-order valence-corrected chi connectivity index (χ3v) is 7.56. The topological polar surface area (TPSA) is 38.8 Å². The van der Waals surface area contributed by atoms with Gasteiger partial charge >= 0.3 is 0 Å². The maximum Gasteiger partial charge on any atom is 0.266 e. The second-order valence-electron chi connectivity index (χ2n) is 7.78. The van der Waals surface area contributed by atoms with Crippen molar-refractivity contribution in [2.24, 2.45) is 0 Å². The molecule has 1 aliphatic carbocycles. The van der Waals surface area contributed by atoms with Gasteiger partial charge in [0.2, 0.25) is 0 Å². The summed E-state index contributed by atoms with van der Waals surface area (Å²) in [4.78, 5) is 15.5. The molecule has 0 radical (unpaired) electrons. The van der Waals surface area contributed by atoms with Gasteiger partial charge in [-0.2, -0.15) is 0 Å². The van der Waals surface area contributed by atoms with E-state index in [1.165, 1.54) is 18.2 Å². The predicted octanol–water partition coefficient (Wildman–Crippen LogP) is 7.11. The van der Waals surface area contributed by atoms with Crippen LogP contribution in [0.3, 0.4) is 0 Å². The fourth-order valence-corrected chi connectivity index (χ4v) is 5.84. The van der Waals surface area contributed by atoms with Crippen LogP contribution in [0.2, 0.25) is 10.0 Å². The van der Waals surface area contributed by atoms with Crippen LogP contribution in [-0.4, -0.2) is 28.3 Å². The Labute approximate surface area is 207 Å². The van der Waals surface area contributed by atoms with E-state index in [1.54, 1.807) is 19.2 Å². The number of ether oxygens (including phenoxy) is 2. The number of carbonyl (C=O) groups excluding carboxylic acids is 1. The summed E-state index contributed by atoms with van der Waals surface area (Å²) in [5, 5.41) is 1.11. The minimum Gasteiger partial charge on any atom is -0.493 e.